The van der Waals surface area contributed by atoms with E-state index in [-0.39, 0.29) is 16.7 Å². The molecule has 0 aliphatic carbocycles. The minimum Gasteiger partial charge on any atom is -0.378 e. The number of hydrogen-bond acceptors (Lipinski definition) is 6. The van der Waals surface area contributed by atoms with E-state index < -0.39 is 5.91 Å². The zero-order chi connectivity index (χ0) is 17.8. The molecule has 2 aromatic rings. The minimum absolute atomic E-state index is 0.146. The van der Waals surface area contributed by atoms with Gasteiger partial charge in [-0.2, -0.15) is 5.26 Å². The molecule has 0 spiro atoms. The molecule has 0 saturated carbocycles. The summed E-state index contributed by atoms with van der Waals surface area (Å²) in [6.07, 6.45) is 2.91. The normalized spacial score (nSPS) is 15.0. The van der Waals surface area contributed by atoms with Gasteiger partial charge in [-0.15, -0.1) is 0 Å². The Kier molecular flexibility index (Phi) is 4.77. The van der Waals surface area contributed by atoms with Crippen LogP contribution in [0.3, 0.4) is 0 Å². The number of nitrogens with zero attached hydrogens (tertiary/aromatic N) is 4. The average Bonchev–Trinajstić information content (AvgIpc) is 2.67. The summed E-state index contributed by atoms with van der Waals surface area (Å²) in [7, 11) is 1.43. The molecule has 2 aromatic heterocycles. The second-order valence-electron chi connectivity index (χ2n) is 5.43. The summed E-state index contributed by atoms with van der Waals surface area (Å²) in [5, 5.41) is 11.7. The predicted molar refractivity (Wildman–Crippen MR) is 92.2 cm³/mol. The van der Waals surface area contributed by atoms with E-state index >= 15 is 0 Å². The zero-order valence-corrected chi connectivity index (χ0v) is 13.7. The van der Waals surface area contributed by atoms with Crippen molar-refractivity contribution in [3.05, 3.63) is 45.9 Å². The second kappa shape index (κ2) is 7.15. The third-order valence-electron chi connectivity index (χ3n) is 3.94. The van der Waals surface area contributed by atoms with Crippen molar-refractivity contribution in [3.63, 3.8) is 0 Å². The van der Waals surface area contributed by atoms with Crippen LogP contribution in [0.2, 0.25) is 0 Å². The molecule has 0 bridgehead atoms. The Morgan fingerprint density at radius 2 is 2.16 bits per heavy atom. The van der Waals surface area contributed by atoms with Gasteiger partial charge in [-0.05, 0) is 18.2 Å². The summed E-state index contributed by atoms with van der Waals surface area (Å²) in [6, 6.07) is 7.10. The summed E-state index contributed by atoms with van der Waals surface area (Å²) in [5.41, 5.74) is 0.242. The highest BCUT2D eigenvalue weighted by Crippen LogP contribution is 2.20. The fourth-order valence-electron chi connectivity index (χ4n) is 2.66. The van der Waals surface area contributed by atoms with Crippen molar-refractivity contribution in [2.45, 2.75) is 0 Å². The Morgan fingerprint density at radius 3 is 2.84 bits per heavy atom. The topological polar surface area (TPSA) is 99.7 Å². The number of carbonyl (C=O) groups excluding carboxylic acids is 1. The Bertz CT molecular complexity index is 935. The van der Waals surface area contributed by atoms with Gasteiger partial charge in [-0.25, -0.2) is 4.98 Å². The van der Waals surface area contributed by atoms with Gasteiger partial charge in [0, 0.05) is 26.3 Å². The van der Waals surface area contributed by atoms with Gasteiger partial charge >= 0.3 is 0 Å². The number of ether oxygens (including phenoxy) is 1. The van der Waals surface area contributed by atoms with Crippen molar-refractivity contribution in [3.8, 4) is 6.07 Å². The van der Waals surface area contributed by atoms with Crippen LogP contribution in [0.4, 0.5) is 5.82 Å². The van der Waals surface area contributed by atoms with Crippen molar-refractivity contribution >= 4 is 23.4 Å². The number of amides is 1. The first-order valence-electron chi connectivity index (χ1n) is 7.83. The van der Waals surface area contributed by atoms with Crippen LogP contribution >= 0.6 is 0 Å². The fourth-order valence-corrected chi connectivity index (χ4v) is 2.66. The van der Waals surface area contributed by atoms with Gasteiger partial charge in [-0.3, -0.25) is 14.0 Å². The number of nitrogens with one attached hydrogen (secondary N) is 1. The summed E-state index contributed by atoms with van der Waals surface area (Å²) in [5.74, 6) is -0.0934. The van der Waals surface area contributed by atoms with Gasteiger partial charge in [0.2, 0.25) is 0 Å². The number of fused-ring (bicyclic) bond motifs is 1. The Labute approximate surface area is 144 Å². The third-order valence-corrected chi connectivity index (χ3v) is 3.94. The molecule has 1 fully saturated rings. The molecule has 3 rings (SSSR count). The SMILES string of the molecule is CNC(=O)C(C#N)=Cc1c(N2CCOCC2)nc2ccccn2c1=O. The number of likely N-dealkylation sites (N-methyl/N-ethyl adjacent to an activating group) is 1. The smallest absolute Gasteiger partial charge is 0.267 e. The van der Waals surface area contributed by atoms with Crippen LogP contribution in [0.5, 0.6) is 0 Å². The monoisotopic (exact) mass is 339 g/mol. The number of aromatic nitrogens is 2. The summed E-state index contributed by atoms with van der Waals surface area (Å²) >= 11 is 0. The molecule has 25 heavy (non-hydrogen) atoms. The van der Waals surface area contributed by atoms with E-state index in [1.54, 1.807) is 24.4 Å². The highest BCUT2D eigenvalue weighted by atomic mass is 16.5. The van der Waals surface area contributed by atoms with E-state index in [9.17, 15) is 14.9 Å². The summed E-state index contributed by atoms with van der Waals surface area (Å²) in [4.78, 5) is 31.3. The average molecular weight is 339 g/mol. The molecule has 128 valence electrons. The van der Waals surface area contributed by atoms with Gasteiger partial charge in [0.05, 0.1) is 18.8 Å². The molecular weight excluding hydrogens is 322 g/mol. The van der Waals surface area contributed by atoms with Gasteiger partial charge in [-0.1, -0.05) is 6.07 Å². The van der Waals surface area contributed by atoms with Crippen molar-refractivity contribution in [1.29, 1.82) is 5.26 Å². The second-order valence-corrected chi connectivity index (χ2v) is 5.43. The molecule has 0 atom stereocenters. The van der Waals surface area contributed by atoms with Crippen LogP contribution in [0.25, 0.3) is 11.7 Å². The molecule has 3 heterocycles. The number of morpholine rings is 1. The zero-order valence-electron chi connectivity index (χ0n) is 13.7. The van der Waals surface area contributed by atoms with Crippen LogP contribution in [-0.2, 0) is 9.53 Å². The Morgan fingerprint density at radius 1 is 1.40 bits per heavy atom. The molecule has 1 N–H and O–H groups in total. The third kappa shape index (κ3) is 3.22. The lowest BCUT2D eigenvalue weighted by atomic mass is 10.1. The van der Waals surface area contributed by atoms with Crippen molar-refractivity contribution in [2.75, 3.05) is 38.3 Å². The van der Waals surface area contributed by atoms with E-state index in [0.717, 1.165) is 0 Å². The molecule has 0 radical (unpaired) electrons. The van der Waals surface area contributed by atoms with Crippen LogP contribution in [0.1, 0.15) is 5.56 Å². The maximum absolute atomic E-state index is 12.9. The van der Waals surface area contributed by atoms with Gasteiger partial charge < -0.3 is 15.0 Å². The Balaban J connectivity index is 2.25. The maximum Gasteiger partial charge on any atom is 0.267 e. The molecule has 8 nitrogen and oxygen atoms in total. The predicted octanol–water partition coefficient (Wildman–Crippen LogP) is 0.184. The van der Waals surface area contributed by atoms with Gasteiger partial charge in [0.15, 0.2) is 0 Å². The minimum atomic E-state index is -0.548. The largest absolute Gasteiger partial charge is 0.378 e. The van der Waals surface area contributed by atoms with E-state index in [2.05, 4.69) is 10.3 Å². The van der Waals surface area contributed by atoms with Crippen LogP contribution in [-0.4, -0.2) is 48.6 Å². The van der Waals surface area contributed by atoms with E-state index in [1.807, 2.05) is 11.0 Å². The van der Waals surface area contributed by atoms with Crippen LogP contribution in [0, 0.1) is 11.3 Å². The number of rotatable bonds is 3. The lowest BCUT2D eigenvalue weighted by Gasteiger charge is -2.29. The number of carbonyl (C=O) groups is 1. The lowest BCUT2D eigenvalue weighted by Crippen LogP contribution is -2.38. The molecular formula is C17H17N5O3. The van der Waals surface area contributed by atoms with Crippen molar-refractivity contribution in [2.24, 2.45) is 0 Å². The fraction of sp³-hybridized carbons (Fsp3) is 0.294. The Hall–Kier alpha value is -3.18. The first-order chi connectivity index (χ1) is 12.2. The highest BCUT2D eigenvalue weighted by Gasteiger charge is 2.21. The van der Waals surface area contributed by atoms with Crippen LogP contribution < -0.4 is 15.8 Å². The standard InChI is InChI=1S/C17H17N5O3/c1-19-16(23)12(11-18)10-13-15(21-6-8-25-9-7-21)20-14-4-2-3-5-22(14)17(13)24/h2-5,10H,6-9H2,1H3,(H,19,23). The molecule has 1 amide bonds. The molecule has 1 saturated heterocycles. The first-order valence-corrected chi connectivity index (χ1v) is 7.83. The van der Waals surface area contributed by atoms with Gasteiger partial charge in [0.25, 0.3) is 11.5 Å². The maximum atomic E-state index is 12.9. The molecule has 0 unspecified atom stereocenters. The van der Waals surface area contributed by atoms with E-state index in [0.29, 0.717) is 37.8 Å². The summed E-state index contributed by atoms with van der Waals surface area (Å²) in [6.45, 7) is 2.22. The molecule has 1 aliphatic rings. The quantitative estimate of drug-likeness (QED) is 0.633. The molecule has 1 aliphatic heterocycles. The van der Waals surface area contributed by atoms with E-state index in [4.69, 9.17) is 4.74 Å². The van der Waals surface area contributed by atoms with Gasteiger partial charge in [0.1, 0.15) is 23.1 Å². The van der Waals surface area contributed by atoms with E-state index in [1.165, 1.54) is 17.5 Å². The highest BCUT2D eigenvalue weighted by molar-refractivity contribution is 6.02. The molecule has 8 heteroatoms. The number of pyridine rings is 1. The number of hydrogen-bond donors (Lipinski definition) is 1. The number of nitriles is 1. The van der Waals surface area contributed by atoms with Crippen molar-refractivity contribution in [1.82, 2.24) is 14.7 Å². The summed E-state index contributed by atoms with van der Waals surface area (Å²) < 4.78 is 6.75. The number of anilines is 1. The lowest BCUT2D eigenvalue weighted by molar-refractivity contribution is -0.116. The van der Waals surface area contributed by atoms with Crippen molar-refractivity contribution < 1.29 is 9.53 Å². The van der Waals surface area contributed by atoms with Crippen LogP contribution in [0.15, 0.2) is 34.8 Å². The first kappa shape index (κ1) is 16.7. The molecule has 0 aromatic carbocycles.